The van der Waals surface area contributed by atoms with Gasteiger partial charge < -0.3 is 9.94 Å². The molecule has 0 aliphatic carbocycles. The summed E-state index contributed by atoms with van der Waals surface area (Å²) in [4.78, 5) is 0. The van der Waals surface area contributed by atoms with Gasteiger partial charge in [-0.25, -0.2) is 0 Å². The minimum absolute atomic E-state index is 0.0705. The molecule has 0 saturated heterocycles. The van der Waals surface area contributed by atoms with Crippen LogP contribution >= 0.6 is 11.6 Å². The quantitative estimate of drug-likeness (QED) is 0.477. The summed E-state index contributed by atoms with van der Waals surface area (Å²) in [6.45, 7) is 3.91. The smallest absolute Gasteiger partial charge is 0.175 e. The zero-order valence-electron chi connectivity index (χ0n) is 8.07. The van der Waals surface area contributed by atoms with Crippen LogP contribution in [-0.4, -0.2) is 16.5 Å². The van der Waals surface area contributed by atoms with Gasteiger partial charge in [0.2, 0.25) is 0 Å². The molecule has 1 aromatic rings. The van der Waals surface area contributed by atoms with Crippen LogP contribution in [0.15, 0.2) is 29.4 Å². The van der Waals surface area contributed by atoms with Gasteiger partial charge in [-0.3, -0.25) is 0 Å². The third-order valence-electron chi connectivity index (χ3n) is 1.55. The molecule has 1 rings (SSSR count). The maximum Gasteiger partial charge on any atom is 0.175 e. The molecule has 14 heavy (non-hydrogen) atoms. The Morgan fingerprint density at radius 1 is 1.36 bits per heavy atom. The second kappa shape index (κ2) is 4.86. The predicted octanol–water partition coefficient (Wildman–Crippen LogP) is 2.85. The van der Waals surface area contributed by atoms with Gasteiger partial charge in [0.05, 0.1) is 6.10 Å². The van der Waals surface area contributed by atoms with Gasteiger partial charge in [0.1, 0.15) is 5.75 Å². The lowest BCUT2D eigenvalue weighted by molar-refractivity contribution is 0.242. The first-order chi connectivity index (χ1) is 6.63. The van der Waals surface area contributed by atoms with Crippen molar-refractivity contribution >= 4 is 16.8 Å². The van der Waals surface area contributed by atoms with Crippen LogP contribution < -0.4 is 4.74 Å². The van der Waals surface area contributed by atoms with Gasteiger partial charge in [0.15, 0.2) is 5.17 Å². The summed E-state index contributed by atoms with van der Waals surface area (Å²) in [5.74, 6) is 0.770. The standard InChI is InChI=1S/C10H12ClNO2/c1-7(2)14-9-5-3-8(4-6-9)10(11)12-13/h3-7,13H,1-2H3. The Bertz CT molecular complexity index is 319. The van der Waals surface area contributed by atoms with E-state index in [9.17, 15) is 0 Å². The number of halogens is 1. The van der Waals surface area contributed by atoms with E-state index in [1.165, 1.54) is 0 Å². The zero-order chi connectivity index (χ0) is 10.6. The Kier molecular flexibility index (Phi) is 3.77. The Hall–Kier alpha value is -1.22. The molecule has 0 bridgehead atoms. The molecule has 0 fully saturated rings. The number of ether oxygens (including phenoxy) is 1. The average Bonchev–Trinajstić information content (AvgIpc) is 2.17. The van der Waals surface area contributed by atoms with E-state index < -0.39 is 0 Å². The van der Waals surface area contributed by atoms with Crippen molar-refractivity contribution in [2.24, 2.45) is 5.16 Å². The average molecular weight is 214 g/mol. The van der Waals surface area contributed by atoms with Crippen LogP contribution in [0.25, 0.3) is 0 Å². The lowest BCUT2D eigenvalue weighted by Crippen LogP contribution is -2.05. The molecule has 4 heteroatoms. The normalized spacial score (nSPS) is 11.9. The first-order valence-corrected chi connectivity index (χ1v) is 4.66. The molecular weight excluding hydrogens is 202 g/mol. The fourth-order valence-electron chi connectivity index (χ4n) is 1.00. The van der Waals surface area contributed by atoms with Crippen LogP contribution in [0, 0.1) is 0 Å². The SMILES string of the molecule is CC(C)Oc1ccc(C(Cl)=NO)cc1. The van der Waals surface area contributed by atoms with Gasteiger partial charge >= 0.3 is 0 Å². The molecule has 0 amide bonds. The summed E-state index contributed by atoms with van der Waals surface area (Å²) in [5, 5.41) is 11.4. The van der Waals surface area contributed by atoms with Crippen LogP contribution in [-0.2, 0) is 0 Å². The lowest BCUT2D eigenvalue weighted by atomic mass is 10.2. The highest BCUT2D eigenvalue weighted by Crippen LogP contribution is 2.15. The highest BCUT2D eigenvalue weighted by molar-refractivity contribution is 6.69. The minimum Gasteiger partial charge on any atom is -0.491 e. The van der Waals surface area contributed by atoms with Gasteiger partial charge in [-0.2, -0.15) is 0 Å². The van der Waals surface area contributed by atoms with Crippen molar-refractivity contribution < 1.29 is 9.94 Å². The van der Waals surface area contributed by atoms with Crippen LogP contribution in [0.1, 0.15) is 19.4 Å². The molecule has 0 aliphatic heterocycles. The molecule has 0 radical (unpaired) electrons. The van der Waals surface area contributed by atoms with E-state index in [-0.39, 0.29) is 11.3 Å². The molecule has 76 valence electrons. The van der Waals surface area contributed by atoms with Crippen molar-refractivity contribution in [1.82, 2.24) is 0 Å². The highest BCUT2D eigenvalue weighted by Gasteiger charge is 2.01. The number of rotatable bonds is 3. The van der Waals surface area contributed by atoms with Crippen LogP contribution in [0.5, 0.6) is 5.75 Å². The topological polar surface area (TPSA) is 41.8 Å². The number of hydrogen-bond acceptors (Lipinski definition) is 3. The molecule has 0 heterocycles. The fraction of sp³-hybridized carbons (Fsp3) is 0.300. The maximum atomic E-state index is 8.43. The Morgan fingerprint density at radius 3 is 2.36 bits per heavy atom. The summed E-state index contributed by atoms with van der Waals surface area (Å²) in [6, 6.07) is 7.03. The third-order valence-corrected chi connectivity index (χ3v) is 1.85. The number of benzene rings is 1. The monoisotopic (exact) mass is 213 g/mol. The third kappa shape index (κ3) is 2.92. The van der Waals surface area contributed by atoms with Gasteiger partial charge in [-0.1, -0.05) is 16.8 Å². The van der Waals surface area contributed by atoms with Crippen molar-refractivity contribution in [3.63, 3.8) is 0 Å². The van der Waals surface area contributed by atoms with Crippen LogP contribution in [0.4, 0.5) is 0 Å². The molecule has 0 aliphatic rings. The summed E-state index contributed by atoms with van der Waals surface area (Å²) >= 11 is 5.61. The van der Waals surface area contributed by atoms with E-state index in [0.29, 0.717) is 5.56 Å². The van der Waals surface area contributed by atoms with Crippen molar-refractivity contribution in [2.75, 3.05) is 0 Å². The van der Waals surface area contributed by atoms with Crippen LogP contribution in [0.2, 0.25) is 0 Å². The molecule has 1 aromatic carbocycles. The number of nitrogens with zero attached hydrogens (tertiary/aromatic N) is 1. The predicted molar refractivity (Wildman–Crippen MR) is 56.4 cm³/mol. The molecule has 0 spiro atoms. The second-order valence-electron chi connectivity index (χ2n) is 3.08. The molecular formula is C10H12ClNO2. The van der Waals surface area contributed by atoms with E-state index >= 15 is 0 Å². The van der Waals surface area contributed by atoms with E-state index in [4.69, 9.17) is 21.5 Å². The van der Waals surface area contributed by atoms with E-state index in [1.807, 2.05) is 13.8 Å². The van der Waals surface area contributed by atoms with E-state index in [2.05, 4.69) is 5.16 Å². The largest absolute Gasteiger partial charge is 0.491 e. The minimum atomic E-state index is 0.0705. The summed E-state index contributed by atoms with van der Waals surface area (Å²) in [5.41, 5.74) is 0.658. The second-order valence-corrected chi connectivity index (χ2v) is 3.44. The molecule has 0 atom stereocenters. The first-order valence-electron chi connectivity index (χ1n) is 4.28. The van der Waals surface area contributed by atoms with Crippen molar-refractivity contribution in [2.45, 2.75) is 20.0 Å². The Balaban J connectivity index is 2.78. The first kappa shape index (κ1) is 10.9. The van der Waals surface area contributed by atoms with Gasteiger partial charge in [-0.15, -0.1) is 0 Å². The van der Waals surface area contributed by atoms with Crippen molar-refractivity contribution in [3.05, 3.63) is 29.8 Å². The summed E-state index contributed by atoms with van der Waals surface area (Å²) in [7, 11) is 0. The lowest BCUT2D eigenvalue weighted by Gasteiger charge is -2.09. The number of hydrogen-bond donors (Lipinski definition) is 1. The maximum absolute atomic E-state index is 8.43. The highest BCUT2D eigenvalue weighted by atomic mass is 35.5. The Labute approximate surface area is 88.0 Å². The van der Waals surface area contributed by atoms with Gasteiger partial charge in [0.25, 0.3) is 0 Å². The zero-order valence-corrected chi connectivity index (χ0v) is 8.82. The summed E-state index contributed by atoms with van der Waals surface area (Å²) in [6.07, 6.45) is 0.142. The van der Waals surface area contributed by atoms with Crippen LogP contribution in [0.3, 0.4) is 0 Å². The molecule has 0 saturated carbocycles. The summed E-state index contributed by atoms with van der Waals surface area (Å²) < 4.78 is 5.44. The van der Waals surface area contributed by atoms with Gasteiger partial charge in [0, 0.05) is 5.56 Å². The van der Waals surface area contributed by atoms with E-state index in [0.717, 1.165) is 5.75 Å². The molecule has 3 nitrogen and oxygen atoms in total. The fourth-order valence-corrected chi connectivity index (χ4v) is 1.13. The molecule has 1 N–H and O–H groups in total. The molecule has 0 aromatic heterocycles. The van der Waals surface area contributed by atoms with Gasteiger partial charge in [-0.05, 0) is 38.1 Å². The van der Waals surface area contributed by atoms with Crippen molar-refractivity contribution in [1.29, 1.82) is 0 Å². The Morgan fingerprint density at radius 2 is 1.93 bits per heavy atom. The van der Waals surface area contributed by atoms with E-state index in [1.54, 1.807) is 24.3 Å². The molecule has 0 unspecified atom stereocenters. The van der Waals surface area contributed by atoms with Crippen molar-refractivity contribution in [3.8, 4) is 5.75 Å². The number of oxime groups is 1.